The zero-order valence-electron chi connectivity index (χ0n) is 12.2. The second-order valence-electron chi connectivity index (χ2n) is 6.13. The Balaban J connectivity index is 2.26. The van der Waals surface area contributed by atoms with Crippen molar-refractivity contribution in [2.75, 3.05) is 6.54 Å². The van der Waals surface area contributed by atoms with Crippen LogP contribution < -0.4 is 0 Å². The second kappa shape index (κ2) is 5.70. The number of carbonyl (C=O) groups is 1. The van der Waals surface area contributed by atoms with Crippen molar-refractivity contribution in [2.24, 2.45) is 5.92 Å². The summed E-state index contributed by atoms with van der Waals surface area (Å²) in [6, 6.07) is 2.70. The molecule has 1 aromatic rings. The maximum absolute atomic E-state index is 12.8. The second-order valence-corrected chi connectivity index (χ2v) is 7.04. The average Bonchev–Trinajstić information content (AvgIpc) is 3.07. The van der Waals surface area contributed by atoms with Gasteiger partial charge in [-0.1, -0.05) is 13.8 Å². The highest BCUT2D eigenvalue weighted by atomic mass is 79.9. The Hall–Kier alpha value is -0.770. The number of nitrogens with zero attached hydrogens (tertiary/aromatic N) is 2. The molecular formula is C15H23BrN2O. The van der Waals surface area contributed by atoms with Crippen molar-refractivity contribution in [1.82, 2.24) is 9.47 Å². The average molecular weight is 327 g/mol. The van der Waals surface area contributed by atoms with Crippen molar-refractivity contribution in [1.29, 1.82) is 0 Å². The summed E-state index contributed by atoms with van der Waals surface area (Å²) in [6.45, 7) is 9.39. The van der Waals surface area contributed by atoms with Crippen LogP contribution >= 0.6 is 15.9 Å². The van der Waals surface area contributed by atoms with E-state index < -0.39 is 0 Å². The van der Waals surface area contributed by atoms with Crippen LogP contribution in [0.1, 0.15) is 57.1 Å². The van der Waals surface area contributed by atoms with Crippen molar-refractivity contribution in [3.05, 3.63) is 22.4 Å². The molecular weight excluding hydrogens is 304 g/mol. The van der Waals surface area contributed by atoms with E-state index >= 15 is 0 Å². The molecule has 0 radical (unpaired) electrons. The van der Waals surface area contributed by atoms with Gasteiger partial charge in [0, 0.05) is 29.3 Å². The molecule has 2 rings (SSSR count). The fraction of sp³-hybridized carbons (Fsp3) is 0.667. The number of hydrogen-bond acceptors (Lipinski definition) is 1. The molecule has 0 saturated heterocycles. The van der Waals surface area contributed by atoms with Crippen molar-refractivity contribution in [2.45, 2.75) is 52.6 Å². The molecule has 1 heterocycles. The van der Waals surface area contributed by atoms with Gasteiger partial charge in [-0.2, -0.15) is 0 Å². The molecule has 19 heavy (non-hydrogen) atoms. The van der Waals surface area contributed by atoms with E-state index in [-0.39, 0.29) is 5.91 Å². The first-order chi connectivity index (χ1) is 8.90. The summed E-state index contributed by atoms with van der Waals surface area (Å²) < 4.78 is 3.03. The van der Waals surface area contributed by atoms with E-state index in [0.29, 0.717) is 18.0 Å². The van der Waals surface area contributed by atoms with Gasteiger partial charge >= 0.3 is 0 Å². The first kappa shape index (κ1) is 14.6. The van der Waals surface area contributed by atoms with E-state index in [9.17, 15) is 4.79 Å². The fourth-order valence-corrected chi connectivity index (χ4v) is 2.81. The highest BCUT2D eigenvalue weighted by Gasteiger charge is 2.34. The molecule has 1 amide bonds. The molecule has 1 aromatic heterocycles. The molecule has 0 atom stereocenters. The van der Waals surface area contributed by atoms with Crippen LogP contribution in [0.4, 0.5) is 0 Å². The van der Waals surface area contributed by atoms with Gasteiger partial charge in [-0.3, -0.25) is 4.79 Å². The number of halogens is 1. The maximum Gasteiger partial charge on any atom is 0.270 e. The summed E-state index contributed by atoms with van der Waals surface area (Å²) in [5.41, 5.74) is 0.800. The molecule has 0 spiro atoms. The minimum atomic E-state index is 0.176. The topological polar surface area (TPSA) is 25.2 Å². The third-order valence-electron chi connectivity index (χ3n) is 3.40. The van der Waals surface area contributed by atoms with Gasteiger partial charge in [0.15, 0.2) is 0 Å². The molecule has 0 aliphatic heterocycles. The zero-order chi connectivity index (χ0) is 14.2. The van der Waals surface area contributed by atoms with Gasteiger partial charge in [-0.15, -0.1) is 0 Å². The minimum Gasteiger partial charge on any atom is -0.340 e. The smallest absolute Gasteiger partial charge is 0.270 e. The van der Waals surface area contributed by atoms with Gasteiger partial charge in [0.1, 0.15) is 5.69 Å². The molecule has 1 saturated carbocycles. The number of amides is 1. The summed E-state index contributed by atoms with van der Waals surface area (Å²) in [6.07, 6.45) is 4.31. The molecule has 1 fully saturated rings. The summed E-state index contributed by atoms with van der Waals surface area (Å²) >= 11 is 3.48. The lowest BCUT2D eigenvalue weighted by Gasteiger charge is -2.25. The fourth-order valence-electron chi connectivity index (χ4n) is 2.37. The predicted octanol–water partition coefficient (Wildman–Crippen LogP) is 4.09. The van der Waals surface area contributed by atoms with Gasteiger partial charge in [-0.05, 0) is 54.6 Å². The largest absolute Gasteiger partial charge is 0.340 e. The molecule has 106 valence electrons. The third-order valence-corrected chi connectivity index (χ3v) is 3.83. The van der Waals surface area contributed by atoms with Gasteiger partial charge in [0.25, 0.3) is 5.91 Å². The maximum atomic E-state index is 12.8. The monoisotopic (exact) mass is 326 g/mol. The number of rotatable bonds is 5. The molecule has 0 N–H and O–H groups in total. The van der Waals surface area contributed by atoms with Gasteiger partial charge in [0.2, 0.25) is 0 Å². The summed E-state index contributed by atoms with van der Waals surface area (Å²) in [4.78, 5) is 14.8. The first-order valence-corrected chi connectivity index (χ1v) is 7.87. The van der Waals surface area contributed by atoms with Crippen molar-refractivity contribution in [3.8, 4) is 0 Å². The lowest BCUT2D eigenvalue weighted by molar-refractivity contribution is 0.0710. The predicted molar refractivity (Wildman–Crippen MR) is 81.4 cm³/mol. The van der Waals surface area contributed by atoms with Crippen LogP contribution in [0.15, 0.2) is 16.7 Å². The van der Waals surface area contributed by atoms with E-state index in [1.54, 1.807) is 0 Å². The van der Waals surface area contributed by atoms with E-state index in [1.807, 2.05) is 12.3 Å². The van der Waals surface area contributed by atoms with E-state index in [4.69, 9.17) is 0 Å². The summed E-state index contributed by atoms with van der Waals surface area (Å²) in [7, 11) is 0. The number of hydrogen-bond donors (Lipinski definition) is 0. The van der Waals surface area contributed by atoms with E-state index in [2.05, 4.69) is 53.1 Å². The number of aromatic nitrogens is 1. The van der Waals surface area contributed by atoms with Crippen LogP contribution in [0.5, 0.6) is 0 Å². The Labute approximate surface area is 124 Å². The Morgan fingerprint density at radius 2 is 2.05 bits per heavy atom. The van der Waals surface area contributed by atoms with E-state index in [1.165, 1.54) is 0 Å². The highest BCUT2D eigenvalue weighted by Crippen LogP contribution is 2.30. The van der Waals surface area contributed by atoms with Gasteiger partial charge < -0.3 is 9.47 Å². The Kier molecular flexibility index (Phi) is 4.39. The standard InChI is InChI=1S/C15H23BrN2O/c1-10(2)8-18(13-5-6-13)15(19)14-7-12(16)9-17(14)11(3)4/h7,9-11,13H,5-6,8H2,1-4H3. The first-order valence-electron chi connectivity index (χ1n) is 7.08. The summed E-state index contributed by atoms with van der Waals surface area (Å²) in [5, 5.41) is 0. The molecule has 0 aromatic carbocycles. The van der Waals surface area contributed by atoms with Crippen LogP contribution in [-0.2, 0) is 0 Å². The Morgan fingerprint density at radius 1 is 1.42 bits per heavy atom. The van der Waals surface area contributed by atoms with Crippen LogP contribution in [0.2, 0.25) is 0 Å². The third kappa shape index (κ3) is 3.41. The van der Waals surface area contributed by atoms with Crippen LogP contribution in [0, 0.1) is 5.92 Å². The molecule has 4 heteroatoms. The van der Waals surface area contributed by atoms with Crippen LogP contribution in [-0.4, -0.2) is 28.0 Å². The lowest BCUT2D eigenvalue weighted by atomic mass is 10.2. The Bertz CT molecular complexity index is 461. The van der Waals surface area contributed by atoms with Gasteiger partial charge in [-0.25, -0.2) is 0 Å². The van der Waals surface area contributed by atoms with Crippen molar-refractivity contribution in [3.63, 3.8) is 0 Å². The van der Waals surface area contributed by atoms with E-state index in [0.717, 1.165) is 29.6 Å². The van der Waals surface area contributed by atoms with Gasteiger partial charge in [0.05, 0.1) is 0 Å². The molecule has 1 aliphatic rings. The van der Waals surface area contributed by atoms with Crippen molar-refractivity contribution >= 4 is 21.8 Å². The lowest BCUT2D eigenvalue weighted by Crippen LogP contribution is -2.37. The van der Waals surface area contributed by atoms with Crippen molar-refractivity contribution < 1.29 is 4.79 Å². The number of carbonyl (C=O) groups excluding carboxylic acids is 1. The SMILES string of the molecule is CC(C)CN(C(=O)c1cc(Br)cn1C(C)C)C1CC1. The molecule has 0 bridgehead atoms. The van der Waals surface area contributed by atoms with Crippen LogP contribution in [0.25, 0.3) is 0 Å². The molecule has 0 unspecified atom stereocenters. The molecule has 3 nitrogen and oxygen atoms in total. The summed E-state index contributed by atoms with van der Waals surface area (Å²) in [5.74, 6) is 0.686. The minimum absolute atomic E-state index is 0.176. The Morgan fingerprint density at radius 3 is 2.53 bits per heavy atom. The molecule has 1 aliphatic carbocycles. The zero-order valence-corrected chi connectivity index (χ0v) is 13.8. The highest BCUT2D eigenvalue weighted by molar-refractivity contribution is 9.10. The quantitative estimate of drug-likeness (QED) is 0.799. The van der Waals surface area contributed by atoms with Crippen LogP contribution in [0.3, 0.4) is 0 Å². The normalized spacial score (nSPS) is 15.3.